The van der Waals surface area contributed by atoms with E-state index >= 15 is 0 Å². The molecule has 7 heteroatoms. The van der Waals surface area contributed by atoms with Crippen molar-refractivity contribution in [2.45, 2.75) is 10.1 Å². The van der Waals surface area contributed by atoms with Crippen LogP contribution in [0.4, 0.5) is 0 Å². The Bertz CT molecular complexity index is 483. The molecule has 3 N–H and O–H groups in total. The largest absolute Gasteiger partial charge is 0.382 e. The molecule has 0 spiro atoms. The Morgan fingerprint density at radius 3 is 2.44 bits per heavy atom. The summed E-state index contributed by atoms with van der Waals surface area (Å²) >= 11 is 1.35. The molecule has 0 aromatic carbocycles. The lowest BCUT2D eigenvalue weighted by Gasteiger charge is -2.00. The summed E-state index contributed by atoms with van der Waals surface area (Å²) in [6.45, 7) is 0. The maximum atomic E-state index is 7.17. The highest BCUT2D eigenvalue weighted by molar-refractivity contribution is 7.99. The summed E-state index contributed by atoms with van der Waals surface area (Å²) in [4.78, 5) is 16.1. The third-order valence-corrected chi connectivity index (χ3v) is 2.49. The molecule has 0 aliphatic heterocycles. The van der Waals surface area contributed by atoms with E-state index in [4.69, 9.17) is 11.1 Å². The molecule has 16 heavy (non-hydrogen) atoms. The first kappa shape index (κ1) is 10.5. The zero-order chi connectivity index (χ0) is 11.4. The first-order valence-corrected chi connectivity index (χ1v) is 5.17. The Morgan fingerprint density at radius 2 is 1.88 bits per heavy atom. The van der Waals surface area contributed by atoms with Crippen molar-refractivity contribution in [3.05, 3.63) is 36.7 Å². The maximum Gasteiger partial charge on any atom is 0.143 e. The zero-order valence-corrected chi connectivity index (χ0v) is 8.98. The van der Waals surface area contributed by atoms with Crippen LogP contribution in [0.2, 0.25) is 0 Å². The summed E-state index contributed by atoms with van der Waals surface area (Å²) in [6, 6.07) is 0. The number of amidine groups is 1. The molecular formula is C9H8N6S. The van der Waals surface area contributed by atoms with E-state index in [1.165, 1.54) is 18.0 Å². The third kappa shape index (κ3) is 2.51. The number of nitrogens with two attached hydrogens (primary N) is 1. The van der Waals surface area contributed by atoms with Crippen molar-refractivity contribution in [3.63, 3.8) is 0 Å². The Labute approximate surface area is 95.9 Å². The standard InChI is InChI=1S/C9H8N6S/c10-9(11)6-3-15-8(5-14-6)16-7-4-12-1-2-13-7/h1-5H,(H3,10,11). The van der Waals surface area contributed by atoms with Gasteiger partial charge < -0.3 is 5.73 Å². The van der Waals surface area contributed by atoms with Crippen LogP contribution in [0.5, 0.6) is 0 Å². The minimum atomic E-state index is -0.0939. The number of nitrogen functional groups attached to an aromatic ring is 1. The smallest absolute Gasteiger partial charge is 0.143 e. The van der Waals surface area contributed by atoms with Gasteiger partial charge in [-0.2, -0.15) is 0 Å². The molecule has 0 aliphatic carbocycles. The van der Waals surface area contributed by atoms with Gasteiger partial charge in [0.25, 0.3) is 0 Å². The first-order chi connectivity index (χ1) is 7.75. The van der Waals surface area contributed by atoms with E-state index in [1.807, 2.05) is 0 Å². The van der Waals surface area contributed by atoms with Crippen LogP contribution in [-0.2, 0) is 0 Å². The predicted octanol–water partition coefficient (Wildman–Crippen LogP) is 0.702. The van der Waals surface area contributed by atoms with Crippen LogP contribution in [0.3, 0.4) is 0 Å². The predicted molar refractivity (Wildman–Crippen MR) is 59.2 cm³/mol. The van der Waals surface area contributed by atoms with E-state index < -0.39 is 0 Å². The van der Waals surface area contributed by atoms with Gasteiger partial charge in [0.2, 0.25) is 0 Å². The van der Waals surface area contributed by atoms with Gasteiger partial charge in [-0.25, -0.2) is 15.0 Å². The van der Waals surface area contributed by atoms with Crippen molar-refractivity contribution in [2.75, 3.05) is 0 Å². The van der Waals surface area contributed by atoms with Crippen molar-refractivity contribution in [2.24, 2.45) is 5.73 Å². The van der Waals surface area contributed by atoms with Crippen LogP contribution < -0.4 is 5.73 Å². The Hall–Kier alpha value is -2.02. The minimum absolute atomic E-state index is 0.0939. The number of hydrogen-bond acceptors (Lipinski definition) is 6. The van der Waals surface area contributed by atoms with Gasteiger partial charge in [0.1, 0.15) is 21.6 Å². The average molecular weight is 232 g/mol. The topological polar surface area (TPSA) is 101 Å². The molecule has 2 heterocycles. The summed E-state index contributed by atoms with van der Waals surface area (Å²) in [6.07, 6.45) is 7.87. The van der Waals surface area contributed by atoms with Crippen LogP contribution in [0, 0.1) is 5.41 Å². The van der Waals surface area contributed by atoms with Crippen molar-refractivity contribution >= 4 is 17.6 Å². The number of aromatic nitrogens is 4. The average Bonchev–Trinajstić information content (AvgIpc) is 2.31. The van der Waals surface area contributed by atoms with Gasteiger partial charge in [-0.1, -0.05) is 0 Å². The fourth-order valence-corrected chi connectivity index (χ4v) is 1.61. The lowest BCUT2D eigenvalue weighted by atomic mass is 10.4. The van der Waals surface area contributed by atoms with Gasteiger partial charge in [-0.3, -0.25) is 10.4 Å². The molecule has 2 aromatic rings. The monoisotopic (exact) mass is 232 g/mol. The molecule has 6 nitrogen and oxygen atoms in total. The molecule has 0 amide bonds. The lowest BCUT2D eigenvalue weighted by Crippen LogP contribution is -2.13. The van der Waals surface area contributed by atoms with Gasteiger partial charge in [0.05, 0.1) is 18.6 Å². The second-order valence-corrected chi connectivity index (χ2v) is 3.84. The fourth-order valence-electron chi connectivity index (χ4n) is 0.953. The molecule has 2 rings (SSSR count). The molecule has 0 bridgehead atoms. The molecule has 2 aromatic heterocycles. The molecule has 0 aliphatic rings. The summed E-state index contributed by atoms with van der Waals surface area (Å²) in [5.41, 5.74) is 5.63. The van der Waals surface area contributed by atoms with Crippen molar-refractivity contribution < 1.29 is 0 Å². The third-order valence-electron chi connectivity index (χ3n) is 1.65. The number of rotatable bonds is 3. The van der Waals surface area contributed by atoms with Crippen LogP contribution in [0.1, 0.15) is 5.69 Å². The van der Waals surface area contributed by atoms with Crippen LogP contribution in [-0.4, -0.2) is 25.8 Å². The summed E-state index contributed by atoms with van der Waals surface area (Å²) in [5, 5.41) is 8.60. The van der Waals surface area contributed by atoms with Crippen LogP contribution >= 0.6 is 11.8 Å². The van der Waals surface area contributed by atoms with Gasteiger partial charge in [-0.15, -0.1) is 0 Å². The van der Waals surface area contributed by atoms with E-state index in [-0.39, 0.29) is 5.84 Å². The highest BCUT2D eigenvalue weighted by Gasteiger charge is 2.02. The molecule has 0 fully saturated rings. The Morgan fingerprint density at radius 1 is 1.06 bits per heavy atom. The molecule has 0 unspecified atom stereocenters. The lowest BCUT2D eigenvalue weighted by molar-refractivity contribution is 1.01. The van der Waals surface area contributed by atoms with E-state index in [0.717, 1.165) is 5.03 Å². The molecule has 0 saturated heterocycles. The number of nitrogens with zero attached hydrogens (tertiary/aromatic N) is 4. The quantitative estimate of drug-likeness (QED) is 0.596. The second kappa shape index (κ2) is 4.67. The van der Waals surface area contributed by atoms with Crippen molar-refractivity contribution in [1.82, 2.24) is 19.9 Å². The molecule has 0 saturated carbocycles. The zero-order valence-electron chi connectivity index (χ0n) is 8.16. The van der Waals surface area contributed by atoms with Crippen LogP contribution in [0.15, 0.2) is 41.0 Å². The van der Waals surface area contributed by atoms with Gasteiger partial charge in [0.15, 0.2) is 0 Å². The van der Waals surface area contributed by atoms with E-state index in [2.05, 4.69) is 19.9 Å². The van der Waals surface area contributed by atoms with Crippen LogP contribution in [0.25, 0.3) is 0 Å². The maximum absolute atomic E-state index is 7.17. The Balaban J connectivity index is 2.14. The highest BCUT2D eigenvalue weighted by Crippen LogP contribution is 2.21. The first-order valence-electron chi connectivity index (χ1n) is 4.36. The van der Waals surface area contributed by atoms with E-state index in [1.54, 1.807) is 24.8 Å². The Kier molecular flexibility index (Phi) is 3.06. The minimum Gasteiger partial charge on any atom is -0.382 e. The van der Waals surface area contributed by atoms with Gasteiger partial charge in [-0.05, 0) is 11.8 Å². The summed E-state index contributed by atoms with van der Waals surface area (Å²) < 4.78 is 0. The van der Waals surface area contributed by atoms with E-state index in [9.17, 15) is 0 Å². The van der Waals surface area contributed by atoms with Gasteiger partial charge in [0, 0.05) is 12.4 Å². The molecule has 0 atom stereocenters. The number of nitrogens with one attached hydrogen (secondary N) is 1. The fraction of sp³-hybridized carbons (Fsp3) is 0. The normalized spacial score (nSPS) is 10.0. The molecule has 0 radical (unpaired) electrons. The van der Waals surface area contributed by atoms with Crippen molar-refractivity contribution in [3.8, 4) is 0 Å². The summed E-state index contributed by atoms with van der Waals surface area (Å²) in [5.74, 6) is -0.0939. The summed E-state index contributed by atoms with van der Waals surface area (Å²) in [7, 11) is 0. The highest BCUT2D eigenvalue weighted by atomic mass is 32.2. The number of hydrogen-bond donors (Lipinski definition) is 2. The van der Waals surface area contributed by atoms with Crippen molar-refractivity contribution in [1.29, 1.82) is 5.41 Å². The molecular weight excluding hydrogens is 224 g/mol. The van der Waals surface area contributed by atoms with E-state index in [0.29, 0.717) is 10.7 Å². The molecule has 80 valence electrons. The second-order valence-electron chi connectivity index (χ2n) is 2.80. The van der Waals surface area contributed by atoms with Gasteiger partial charge >= 0.3 is 0 Å². The SMILES string of the molecule is N=C(N)c1cnc(Sc2cnccn2)cn1.